The minimum Gasteiger partial charge on any atom is -0.378 e. The van der Waals surface area contributed by atoms with Gasteiger partial charge in [0, 0.05) is 29.1 Å². The number of carbonyl (C=O) groups excluding carboxylic acids is 1. The number of nitrogens with one attached hydrogen (secondary N) is 1. The van der Waals surface area contributed by atoms with Crippen molar-refractivity contribution in [2.24, 2.45) is 11.3 Å². The van der Waals surface area contributed by atoms with Crippen LogP contribution in [0.3, 0.4) is 0 Å². The molecule has 1 aromatic carbocycles. The third-order valence-corrected chi connectivity index (χ3v) is 9.58. The summed E-state index contributed by atoms with van der Waals surface area (Å²) in [6.45, 7) is 7.01. The zero-order valence-corrected chi connectivity index (χ0v) is 21.8. The molecule has 8 heteroatoms. The Morgan fingerprint density at radius 3 is 2.72 bits per heavy atom. The smallest absolute Gasteiger partial charge is 0.229 e. The molecule has 4 fully saturated rings. The van der Waals surface area contributed by atoms with Crippen LogP contribution in [0, 0.1) is 11.3 Å². The van der Waals surface area contributed by atoms with Gasteiger partial charge in [-0.3, -0.25) is 9.69 Å². The molecule has 1 aromatic heterocycles. The summed E-state index contributed by atoms with van der Waals surface area (Å²) in [5, 5.41) is 5.77. The van der Waals surface area contributed by atoms with Crippen molar-refractivity contribution in [1.29, 1.82) is 0 Å². The molecule has 0 bridgehead atoms. The van der Waals surface area contributed by atoms with E-state index in [0.29, 0.717) is 24.4 Å². The largest absolute Gasteiger partial charge is 0.378 e. The first kappa shape index (κ1) is 24.5. The van der Waals surface area contributed by atoms with Gasteiger partial charge in [-0.05, 0) is 99.5 Å². The predicted molar refractivity (Wildman–Crippen MR) is 138 cm³/mol. The number of carbonyl (C=O) groups is 1. The number of fused-ring (bicyclic) bond motifs is 1. The van der Waals surface area contributed by atoms with Gasteiger partial charge in [0.15, 0.2) is 0 Å². The molecule has 2 saturated heterocycles. The molecule has 36 heavy (non-hydrogen) atoms. The van der Waals surface area contributed by atoms with Gasteiger partial charge in [0.1, 0.15) is 12.0 Å². The lowest BCUT2D eigenvalue weighted by Gasteiger charge is -2.43. The Bertz CT molecular complexity index is 1160. The third-order valence-electron chi connectivity index (χ3n) is 9.26. The number of aromatic nitrogens is 1. The quantitative estimate of drug-likeness (QED) is 0.562. The van der Waals surface area contributed by atoms with E-state index >= 15 is 0 Å². The molecule has 1 spiro atoms. The number of alkyl halides is 1. The highest BCUT2D eigenvalue weighted by molar-refractivity contribution is 6.32. The van der Waals surface area contributed by atoms with Crippen molar-refractivity contribution >= 4 is 34.1 Å². The molecule has 2 aliphatic carbocycles. The molecule has 1 amide bonds. The second-order valence-corrected chi connectivity index (χ2v) is 11.9. The zero-order valence-electron chi connectivity index (χ0n) is 21.1. The van der Waals surface area contributed by atoms with Gasteiger partial charge in [-0.2, -0.15) is 0 Å². The van der Waals surface area contributed by atoms with Crippen molar-refractivity contribution in [3.63, 3.8) is 0 Å². The molecule has 6 rings (SSSR count). The molecule has 2 aromatic rings. The van der Waals surface area contributed by atoms with Crippen LogP contribution in [0.15, 0.2) is 24.4 Å². The van der Waals surface area contributed by atoms with Crippen LogP contribution < -0.4 is 5.32 Å². The van der Waals surface area contributed by atoms with E-state index in [4.69, 9.17) is 21.1 Å². The zero-order chi connectivity index (χ0) is 25.1. The first-order valence-electron chi connectivity index (χ1n) is 13.3. The van der Waals surface area contributed by atoms with E-state index < -0.39 is 11.7 Å². The van der Waals surface area contributed by atoms with Crippen molar-refractivity contribution in [3.05, 3.63) is 35.0 Å². The van der Waals surface area contributed by atoms with E-state index in [-0.39, 0.29) is 23.8 Å². The summed E-state index contributed by atoms with van der Waals surface area (Å²) in [6.07, 6.45) is 5.93. The SMILES string of the molecule is CCOC1CC2(C1)CC2C(=O)Nc1cc2cc(C3CCN([C@@]4(C)COC[C@H]4F)CC3)c(Cl)cc2cn1. The molecular weight excluding hydrogens is 481 g/mol. The van der Waals surface area contributed by atoms with Crippen LogP contribution in [0.5, 0.6) is 0 Å². The standard InChI is InChI=1S/C28H35ClFN3O3/c1-3-36-20-11-28(12-20)13-22(28)26(34)32-25-10-18-8-21(23(29)9-19(18)14-31-25)17-4-6-33(7-5-17)27(2)16-35-15-24(27)30/h8-10,14,17,20,22,24H,3-7,11-13,15-16H2,1-2H3,(H,31,32,34)/t20?,22?,24-,27+,28?/m1/s1. The Labute approximate surface area is 216 Å². The predicted octanol–water partition coefficient (Wildman–Crippen LogP) is 5.34. The maximum Gasteiger partial charge on any atom is 0.229 e. The number of anilines is 1. The topological polar surface area (TPSA) is 63.7 Å². The highest BCUT2D eigenvalue weighted by Crippen LogP contribution is 2.66. The Balaban J connectivity index is 1.12. The van der Waals surface area contributed by atoms with E-state index in [0.717, 1.165) is 73.2 Å². The molecule has 3 heterocycles. The summed E-state index contributed by atoms with van der Waals surface area (Å²) in [4.78, 5) is 19.6. The van der Waals surface area contributed by atoms with Gasteiger partial charge in [0.05, 0.1) is 24.9 Å². The molecule has 6 nitrogen and oxygen atoms in total. The Kier molecular flexibility index (Phi) is 6.26. The Morgan fingerprint density at radius 1 is 1.25 bits per heavy atom. The Hall–Kier alpha value is -1.80. The highest BCUT2D eigenvalue weighted by Gasteiger charge is 2.64. The summed E-state index contributed by atoms with van der Waals surface area (Å²) in [7, 11) is 0. The van der Waals surface area contributed by atoms with Crippen molar-refractivity contribution in [2.75, 3.05) is 38.2 Å². The average Bonchev–Trinajstić information content (AvgIpc) is 3.50. The molecule has 0 radical (unpaired) electrons. The monoisotopic (exact) mass is 515 g/mol. The number of pyridine rings is 1. The number of benzene rings is 1. The number of piperidine rings is 1. The second kappa shape index (κ2) is 9.19. The first-order chi connectivity index (χ1) is 17.3. The van der Waals surface area contributed by atoms with Crippen LogP contribution in [0.1, 0.15) is 57.4 Å². The fraction of sp³-hybridized carbons (Fsp3) is 0.643. The number of hydrogen-bond acceptors (Lipinski definition) is 5. The summed E-state index contributed by atoms with van der Waals surface area (Å²) in [6, 6.07) is 6.07. The van der Waals surface area contributed by atoms with Gasteiger partial charge in [-0.25, -0.2) is 9.37 Å². The maximum atomic E-state index is 14.5. The van der Waals surface area contributed by atoms with E-state index in [1.54, 1.807) is 6.20 Å². The van der Waals surface area contributed by atoms with Crippen LogP contribution in [-0.2, 0) is 14.3 Å². The highest BCUT2D eigenvalue weighted by atomic mass is 35.5. The molecule has 1 unspecified atom stereocenters. The van der Waals surface area contributed by atoms with Crippen LogP contribution in [0.2, 0.25) is 5.02 Å². The van der Waals surface area contributed by atoms with E-state index in [1.165, 1.54) is 0 Å². The van der Waals surface area contributed by atoms with Crippen LogP contribution in [-0.4, -0.2) is 66.5 Å². The molecule has 3 atom stereocenters. The van der Waals surface area contributed by atoms with Crippen molar-refractivity contribution in [3.8, 4) is 0 Å². The van der Waals surface area contributed by atoms with Crippen molar-refractivity contribution < 1.29 is 18.7 Å². The third kappa shape index (κ3) is 4.22. The maximum absolute atomic E-state index is 14.5. The van der Waals surface area contributed by atoms with Crippen molar-refractivity contribution in [2.45, 2.75) is 69.7 Å². The van der Waals surface area contributed by atoms with Crippen molar-refractivity contribution in [1.82, 2.24) is 9.88 Å². The van der Waals surface area contributed by atoms with Gasteiger partial charge in [0.2, 0.25) is 5.91 Å². The van der Waals surface area contributed by atoms with E-state index in [1.807, 2.05) is 26.0 Å². The molecule has 2 saturated carbocycles. The van der Waals surface area contributed by atoms with Gasteiger partial charge in [-0.15, -0.1) is 0 Å². The van der Waals surface area contributed by atoms with E-state index in [9.17, 15) is 9.18 Å². The first-order valence-corrected chi connectivity index (χ1v) is 13.7. The molecule has 194 valence electrons. The van der Waals surface area contributed by atoms with Gasteiger partial charge in [0.25, 0.3) is 0 Å². The number of nitrogens with zero attached hydrogens (tertiary/aromatic N) is 2. The number of ether oxygens (including phenoxy) is 2. The molecule has 2 aliphatic heterocycles. The van der Waals surface area contributed by atoms with Gasteiger partial charge in [-0.1, -0.05) is 11.6 Å². The summed E-state index contributed by atoms with van der Waals surface area (Å²) in [5.41, 5.74) is 0.746. The Morgan fingerprint density at radius 2 is 2.03 bits per heavy atom. The summed E-state index contributed by atoms with van der Waals surface area (Å²) < 4.78 is 25.6. The van der Waals surface area contributed by atoms with Crippen LogP contribution >= 0.6 is 11.6 Å². The number of hydrogen-bond donors (Lipinski definition) is 1. The fourth-order valence-corrected chi connectivity index (χ4v) is 7.10. The van der Waals surface area contributed by atoms with Crippen LogP contribution in [0.4, 0.5) is 10.2 Å². The molecule has 1 N–H and O–H groups in total. The minimum atomic E-state index is -0.944. The lowest BCUT2D eigenvalue weighted by Crippen LogP contribution is -2.55. The molecule has 4 aliphatic rings. The number of halogens is 2. The normalized spacial score (nSPS) is 34.7. The minimum absolute atomic E-state index is 0.0636. The van der Waals surface area contributed by atoms with Gasteiger partial charge < -0.3 is 14.8 Å². The number of amides is 1. The fourth-order valence-electron chi connectivity index (χ4n) is 6.78. The molecular formula is C28H35ClFN3O3. The average molecular weight is 516 g/mol. The lowest BCUT2D eigenvalue weighted by molar-refractivity contribution is -0.120. The van der Waals surface area contributed by atoms with Gasteiger partial charge >= 0.3 is 0 Å². The summed E-state index contributed by atoms with van der Waals surface area (Å²) in [5.74, 6) is 1.03. The van der Waals surface area contributed by atoms with Crippen LogP contribution in [0.25, 0.3) is 10.8 Å². The number of likely N-dealkylation sites (tertiary alicyclic amines) is 1. The number of rotatable bonds is 6. The van der Waals surface area contributed by atoms with E-state index in [2.05, 4.69) is 21.3 Å². The lowest BCUT2D eigenvalue weighted by atomic mass is 9.77. The second-order valence-electron chi connectivity index (χ2n) is 11.5. The summed E-state index contributed by atoms with van der Waals surface area (Å²) >= 11 is 6.71.